The maximum Gasteiger partial charge on any atom is 0.0209 e. The van der Waals surface area contributed by atoms with E-state index in [0.717, 1.165) is 5.57 Å². The van der Waals surface area contributed by atoms with Crippen LogP contribution in [0.3, 0.4) is 0 Å². The minimum atomic E-state index is 1.03. The first kappa shape index (κ1) is 10.7. The minimum Gasteiger partial charge on any atom is -0.308 e. The van der Waals surface area contributed by atoms with Crippen LogP contribution in [-0.4, -0.2) is 6.21 Å². The average Bonchev–Trinajstić information content (AvgIpc) is 2.19. The van der Waals surface area contributed by atoms with Crippen LogP contribution >= 0.6 is 0 Å². The fraction of sp³-hybridized carbons (Fsp3) is 0.308. The molecule has 14 heavy (non-hydrogen) atoms. The van der Waals surface area contributed by atoms with Crippen LogP contribution in [0.2, 0.25) is 0 Å². The summed E-state index contributed by atoms with van der Waals surface area (Å²) in [6.07, 6.45) is 1.41. The van der Waals surface area contributed by atoms with Crippen molar-refractivity contribution in [1.82, 2.24) is 0 Å². The fourth-order valence-electron chi connectivity index (χ4n) is 1.46. The maximum atomic E-state index is 7.23. The quantitative estimate of drug-likeness (QED) is 0.682. The summed E-state index contributed by atoms with van der Waals surface area (Å²) in [7, 11) is 0. The van der Waals surface area contributed by atoms with Gasteiger partial charge in [0.1, 0.15) is 0 Å². The van der Waals surface area contributed by atoms with Crippen molar-refractivity contribution in [3.63, 3.8) is 0 Å². The Hall–Kier alpha value is -1.37. The van der Waals surface area contributed by atoms with Crippen LogP contribution in [0, 0.1) is 19.3 Å². The summed E-state index contributed by atoms with van der Waals surface area (Å²) >= 11 is 0. The topological polar surface area (TPSA) is 23.9 Å². The van der Waals surface area contributed by atoms with Gasteiger partial charge in [0.25, 0.3) is 0 Å². The number of benzene rings is 1. The second kappa shape index (κ2) is 4.23. The summed E-state index contributed by atoms with van der Waals surface area (Å²) in [4.78, 5) is 0. The number of nitrogens with one attached hydrogen (secondary N) is 1. The zero-order valence-electron chi connectivity index (χ0n) is 9.31. The molecule has 1 aromatic carbocycles. The Morgan fingerprint density at radius 2 is 1.86 bits per heavy atom. The van der Waals surface area contributed by atoms with Gasteiger partial charge >= 0.3 is 0 Å². The number of allylic oxidation sites excluding steroid dienone is 2. The summed E-state index contributed by atoms with van der Waals surface area (Å²) in [5.74, 6) is 0. The van der Waals surface area contributed by atoms with E-state index in [1.165, 1.54) is 28.5 Å². The highest BCUT2D eigenvalue weighted by atomic mass is 14.3. The van der Waals surface area contributed by atoms with E-state index >= 15 is 0 Å². The van der Waals surface area contributed by atoms with E-state index in [2.05, 4.69) is 39.0 Å². The van der Waals surface area contributed by atoms with Crippen LogP contribution in [-0.2, 0) is 0 Å². The van der Waals surface area contributed by atoms with Crippen LogP contribution in [0.1, 0.15) is 30.5 Å². The van der Waals surface area contributed by atoms with Gasteiger partial charge in [0.15, 0.2) is 0 Å². The third kappa shape index (κ3) is 2.11. The Morgan fingerprint density at radius 1 is 1.21 bits per heavy atom. The van der Waals surface area contributed by atoms with Crippen molar-refractivity contribution < 1.29 is 0 Å². The monoisotopic (exact) mass is 187 g/mol. The van der Waals surface area contributed by atoms with Crippen LogP contribution in [0.25, 0.3) is 5.57 Å². The van der Waals surface area contributed by atoms with E-state index in [1.807, 2.05) is 6.92 Å². The number of rotatable bonds is 2. The SMILES string of the molecule is C/C(C=N)=C(\C)c1cc(C)ccc1C. The molecule has 1 rings (SSSR count). The van der Waals surface area contributed by atoms with Crippen molar-refractivity contribution in [3.8, 4) is 0 Å². The molecule has 0 saturated carbocycles. The summed E-state index contributed by atoms with van der Waals surface area (Å²) in [6, 6.07) is 6.43. The molecule has 1 heteroatoms. The van der Waals surface area contributed by atoms with Gasteiger partial charge < -0.3 is 5.41 Å². The first-order chi connectivity index (χ1) is 6.56. The van der Waals surface area contributed by atoms with E-state index in [0.29, 0.717) is 0 Å². The largest absolute Gasteiger partial charge is 0.308 e. The van der Waals surface area contributed by atoms with Crippen molar-refractivity contribution in [3.05, 3.63) is 40.5 Å². The number of hydrogen-bond donors (Lipinski definition) is 1. The van der Waals surface area contributed by atoms with Crippen LogP contribution in [0.15, 0.2) is 23.8 Å². The Bertz CT molecular complexity index is 386. The molecule has 0 amide bonds. The van der Waals surface area contributed by atoms with Crippen molar-refractivity contribution in [2.75, 3.05) is 0 Å². The van der Waals surface area contributed by atoms with E-state index in [4.69, 9.17) is 5.41 Å². The lowest BCUT2D eigenvalue weighted by Gasteiger charge is -2.09. The molecule has 0 unspecified atom stereocenters. The second-order valence-electron chi connectivity index (χ2n) is 3.77. The van der Waals surface area contributed by atoms with Gasteiger partial charge in [0.05, 0.1) is 0 Å². The standard InChI is InChI=1S/C13H17N/c1-9-5-6-10(2)13(7-9)12(4)11(3)8-14/h5-8,14H,1-4H3/b12-11-,14-8?. The molecule has 0 aliphatic rings. The minimum absolute atomic E-state index is 1.03. The molecule has 0 fully saturated rings. The Labute approximate surface area is 86.0 Å². The molecule has 0 aromatic heterocycles. The van der Waals surface area contributed by atoms with Gasteiger partial charge in [-0.1, -0.05) is 23.8 Å². The third-order valence-electron chi connectivity index (χ3n) is 2.61. The average molecular weight is 187 g/mol. The van der Waals surface area contributed by atoms with Crippen LogP contribution in [0.5, 0.6) is 0 Å². The van der Waals surface area contributed by atoms with Crippen LogP contribution in [0.4, 0.5) is 0 Å². The Balaban J connectivity index is 3.32. The molecule has 0 aliphatic carbocycles. The zero-order chi connectivity index (χ0) is 10.7. The molecule has 1 N–H and O–H groups in total. The predicted molar refractivity (Wildman–Crippen MR) is 63.0 cm³/mol. The Kier molecular flexibility index (Phi) is 3.23. The summed E-state index contributed by atoms with van der Waals surface area (Å²) in [5, 5.41) is 7.23. The molecule has 0 heterocycles. The highest BCUT2D eigenvalue weighted by Gasteiger charge is 2.02. The van der Waals surface area contributed by atoms with E-state index < -0.39 is 0 Å². The third-order valence-corrected chi connectivity index (χ3v) is 2.61. The van der Waals surface area contributed by atoms with Crippen molar-refractivity contribution in [1.29, 1.82) is 5.41 Å². The molecule has 0 atom stereocenters. The molecule has 0 aliphatic heterocycles. The predicted octanol–water partition coefficient (Wildman–Crippen LogP) is 3.75. The molecule has 1 aromatic rings. The van der Waals surface area contributed by atoms with Crippen molar-refractivity contribution >= 4 is 11.8 Å². The van der Waals surface area contributed by atoms with Crippen LogP contribution < -0.4 is 0 Å². The second-order valence-corrected chi connectivity index (χ2v) is 3.77. The lowest BCUT2D eigenvalue weighted by molar-refractivity contribution is 1.34. The highest BCUT2D eigenvalue weighted by molar-refractivity contribution is 5.88. The molecule has 74 valence electrons. The summed E-state index contributed by atoms with van der Waals surface area (Å²) < 4.78 is 0. The normalized spacial score (nSPS) is 12.3. The summed E-state index contributed by atoms with van der Waals surface area (Å²) in [5.41, 5.74) is 6.02. The van der Waals surface area contributed by atoms with E-state index in [-0.39, 0.29) is 0 Å². The molecule has 0 bridgehead atoms. The Morgan fingerprint density at radius 3 is 2.43 bits per heavy atom. The fourth-order valence-corrected chi connectivity index (χ4v) is 1.46. The molecular formula is C13H17N. The van der Waals surface area contributed by atoms with Gasteiger partial charge in [0, 0.05) is 6.21 Å². The van der Waals surface area contributed by atoms with E-state index in [1.54, 1.807) is 0 Å². The molecule has 0 radical (unpaired) electrons. The molecular weight excluding hydrogens is 170 g/mol. The smallest absolute Gasteiger partial charge is 0.0209 e. The van der Waals surface area contributed by atoms with Gasteiger partial charge in [-0.05, 0) is 50.0 Å². The van der Waals surface area contributed by atoms with Crippen molar-refractivity contribution in [2.45, 2.75) is 27.7 Å². The lowest BCUT2D eigenvalue weighted by atomic mass is 9.96. The maximum absolute atomic E-state index is 7.23. The lowest BCUT2D eigenvalue weighted by Crippen LogP contribution is -1.90. The van der Waals surface area contributed by atoms with Gasteiger partial charge in [-0.25, -0.2) is 0 Å². The molecule has 0 saturated heterocycles. The van der Waals surface area contributed by atoms with Gasteiger partial charge in [0.2, 0.25) is 0 Å². The first-order valence-electron chi connectivity index (χ1n) is 4.82. The number of aryl methyl sites for hydroxylation is 2. The number of hydrogen-bond acceptors (Lipinski definition) is 1. The van der Waals surface area contributed by atoms with Gasteiger partial charge in [-0.3, -0.25) is 0 Å². The van der Waals surface area contributed by atoms with Crippen molar-refractivity contribution in [2.24, 2.45) is 0 Å². The summed E-state index contributed by atoms with van der Waals surface area (Å²) in [6.45, 7) is 8.25. The van der Waals surface area contributed by atoms with Gasteiger partial charge in [-0.2, -0.15) is 0 Å². The molecule has 0 spiro atoms. The highest BCUT2D eigenvalue weighted by Crippen LogP contribution is 2.22. The van der Waals surface area contributed by atoms with Gasteiger partial charge in [-0.15, -0.1) is 0 Å². The van der Waals surface area contributed by atoms with E-state index in [9.17, 15) is 0 Å². The molecule has 1 nitrogen and oxygen atoms in total. The first-order valence-corrected chi connectivity index (χ1v) is 4.82. The zero-order valence-corrected chi connectivity index (χ0v) is 9.31.